The first-order valence-electron chi connectivity index (χ1n) is 5.38. The molecule has 122 valence electrons. The summed E-state index contributed by atoms with van der Waals surface area (Å²) in [7, 11) is 0. The van der Waals surface area contributed by atoms with Crippen LogP contribution in [0.2, 0.25) is 0 Å². The van der Waals surface area contributed by atoms with E-state index in [-0.39, 0.29) is 19.6 Å². The average molecular weight is 314 g/mol. The number of carbonyl (C=O) groups is 2. The maximum Gasteiger partial charge on any atom is 0.309 e. The van der Waals surface area contributed by atoms with Crippen molar-refractivity contribution in [3.8, 4) is 0 Å². The maximum absolute atomic E-state index is 11.7. The first kappa shape index (κ1) is 23.6. The standard InChI is InChI=1S/C10H16F2O4.2F2/c1-2-8(10(14)16-6-4-12)7-9(13)15-5-3-11;2*1-2/h8H,2-7H2,1H3;;. The molecule has 0 aliphatic carbocycles. The van der Waals surface area contributed by atoms with Crippen LogP contribution in [0.5, 0.6) is 0 Å². The second-order valence-electron chi connectivity index (χ2n) is 3.08. The van der Waals surface area contributed by atoms with Crippen LogP contribution in [0.3, 0.4) is 0 Å². The van der Waals surface area contributed by atoms with Crippen molar-refractivity contribution in [2.75, 3.05) is 26.6 Å². The lowest BCUT2D eigenvalue weighted by Crippen LogP contribution is -2.22. The summed E-state index contributed by atoms with van der Waals surface area (Å²) in [6.45, 7) is -0.434. The van der Waals surface area contributed by atoms with Crippen molar-refractivity contribution in [3.63, 3.8) is 0 Å². The molecule has 0 aromatic heterocycles. The molecule has 20 heavy (non-hydrogen) atoms. The summed E-state index contributed by atoms with van der Waals surface area (Å²) in [5.41, 5.74) is 0. The summed E-state index contributed by atoms with van der Waals surface area (Å²) < 4.78 is 64.5. The second-order valence-corrected chi connectivity index (χ2v) is 3.08. The van der Waals surface area contributed by atoms with Crippen LogP contribution in [0, 0.1) is 5.92 Å². The van der Waals surface area contributed by atoms with E-state index in [4.69, 9.17) is 18.3 Å². The van der Waals surface area contributed by atoms with Gasteiger partial charge in [-0.05, 0) is 6.42 Å². The largest absolute Gasteiger partial charge is 0.463 e. The lowest BCUT2D eigenvalue weighted by Gasteiger charge is -2.12. The lowest BCUT2D eigenvalue weighted by atomic mass is 10.0. The topological polar surface area (TPSA) is 52.6 Å². The minimum Gasteiger partial charge on any atom is -0.463 e. The van der Waals surface area contributed by atoms with Crippen LogP contribution in [0.1, 0.15) is 19.8 Å². The summed E-state index contributed by atoms with van der Waals surface area (Å²) in [5.74, 6) is -1.93. The van der Waals surface area contributed by atoms with Gasteiger partial charge in [-0.15, -0.1) is 0 Å². The zero-order chi connectivity index (χ0) is 16.4. The van der Waals surface area contributed by atoms with Crippen molar-refractivity contribution in [1.29, 1.82) is 0 Å². The summed E-state index contributed by atoms with van der Waals surface area (Å²) in [4.78, 5) is 22.4. The van der Waals surface area contributed by atoms with Crippen LogP contribution < -0.4 is 0 Å². The highest BCUT2D eigenvalue weighted by molar-refractivity contribution is 5.79. The minimum atomic E-state index is -0.755. The third-order valence-electron chi connectivity index (χ3n) is 1.90. The van der Waals surface area contributed by atoms with Crippen molar-refractivity contribution >= 4 is 11.9 Å². The number of rotatable bonds is 8. The first-order valence-corrected chi connectivity index (χ1v) is 5.38. The highest BCUT2D eigenvalue weighted by atomic mass is 20.0. The molecule has 0 bridgehead atoms. The van der Waals surface area contributed by atoms with Gasteiger partial charge in [-0.1, -0.05) is 6.92 Å². The van der Waals surface area contributed by atoms with Crippen LogP contribution in [-0.4, -0.2) is 38.5 Å². The molecule has 0 aliphatic heterocycles. The van der Waals surface area contributed by atoms with Crippen LogP contribution in [0.25, 0.3) is 0 Å². The zero-order valence-corrected chi connectivity index (χ0v) is 10.7. The van der Waals surface area contributed by atoms with Crippen LogP contribution in [0.4, 0.5) is 27.1 Å². The number of ether oxygens (including phenoxy) is 2. The van der Waals surface area contributed by atoms with Crippen molar-refractivity contribution in [1.82, 2.24) is 0 Å². The van der Waals surface area contributed by atoms with E-state index in [0.29, 0.717) is 6.42 Å². The predicted octanol–water partition coefficient (Wildman–Crippen LogP) is 3.11. The second kappa shape index (κ2) is 19.9. The van der Waals surface area contributed by atoms with Crippen LogP contribution in [-0.2, 0) is 19.1 Å². The Morgan fingerprint density at radius 1 is 0.950 bits per heavy atom. The number of esters is 2. The van der Waals surface area contributed by atoms with Gasteiger partial charge in [0.05, 0.1) is 12.3 Å². The van der Waals surface area contributed by atoms with E-state index in [1.807, 2.05) is 0 Å². The third-order valence-corrected chi connectivity index (χ3v) is 1.90. The minimum absolute atomic E-state index is 0.165. The number of halogens is 6. The van der Waals surface area contributed by atoms with Gasteiger partial charge in [-0.25, -0.2) is 8.78 Å². The van der Waals surface area contributed by atoms with Gasteiger partial charge in [-0.3, -0.25) is 9.59 Å². The van der Waals surface area contributed by atoms with Crippen molar-refractivity contribution in [3.05, 3.63) is 0 Å². The van der Waals surface area contributed by atoms with Gasteiger partial charge in [-0.2, -0.15) is 0 Å². The van der Waals surface area contributed by atoms with Gasteiger partial charge in [0, 0.05) is 18.3 Å². The zero-order valence-electron chi connectivity index (χ0n) is 10.7. The molecule has 0 rings (SSSR count). The number of hydrogen-bond acceptors (Lipinski definition) is 4. The molecule has 4 nitrogen and oxygen atoms in total. The van der Waals surface area contributed by atoms with Gasteiger partial charge in [0.25, 0.3) is 0 Å². The molecule has 0 spiro atoms. The Bertz CT molecular complexity index is 230. The molecule has 0 saturated heterocycles. The van der Waals surface area contributed by atoms with Crippen molar-refractivity contribution in [2.45, 2.75) is 19.8 Å². The van der Waals surface area contributed by atoms with E-state index in [9.17, 15) is 18.4 Å². The van der Waals surface area contributed by atoms with Gasteiger partial charge < -0.3 is 9.47 Å². The normalized spacial score (nSPS) is 10.2. The first-order chi connectivity index (χ1) is 9.65. The molecule has 0 aromatic rings. The third kappa shape index (κ3) is 14.6. The Hall–Kier alpha value is -1.48. The Labute approximate surface area is 111 Å². The molecular weight excluding hydrogens is 298 g/mol. The molecule has 0 amide bonds. The SMILES string of the molecule is CCC(CC(=O)OCCF)C(=O)OCCF.FF.FF. The Morgan fingerprint density at radius 2 is 1.40 bits per heavy atom. The van der Waals surface area contributed by atoms with E-state index in [0.717, 1.165) is 0 Å². The number of alkyl halides is 2. The quantitative estimate of drug-likeness (QED) is 0.510. The molecule has 1 atom stereocenters. The highest BCUT2D eigenvalue weighted by Gasteiger charge is 2.22. The van der Waals surface area contributed by atoms with E-state index < -0.39 is 31.2 Å². The molecule has 10 heteroatoms. The molecule has 0 fully saturated rings. The molecule has 1 unspecified atom stereocenters. The fourth-order valence-corrected chi connectivity index (χ4v) is 1.06. The van der Waals surface area contributed by atoms with Gasteiger partial charge >= 0.3 is 11.9 Å². The molecule has 0 N–H and O–H groups in total. The van der Waals surface area contributed by atoms with Crippen molar-refractivity contribution in [2.24, 2.45) is 5.92 Å². The van der Waals surface area contributed by atoms with E-state index in [2.05, 4.69) is 9.47 Å². The van der Waals surface area contributed by atoms with Gasteiger partial charge in [0.15, 0.2) is 0 Å². The Morgan fingerprint density at radius 3 is 1.80 bits per heavy atom. The molecule has 0 aliphatic rings. The Kier molecular flexibility index (Phi) is 23.4. The number of carbonyl (C=O) groups excluding carboxylic acids is 2. The van der Waals surface area contributed by atoms with E-state index >= 15 is 0 Å². The van der Waals surface area contributed by atoms with E-state index in [1.165, 1.54) is 0 Å². The van der Waals surface area contributed by atoms with Gasteiger partial charge in [0.2, 0.25) is 0 Å². The highest BCUT2D eigenvalue weighted by Crippen LogP contribution is 2.11. The molecular formula is C10H16F6O4. The van der Waals surface area contributed by atoms with Gasteiger partial charge in [0.1, 0.15) is 26.6 Å². The lowest BCUT2D eigenvalue weighted by molar-refractivity contribution is -0.155. The smallest absolute Gasteiger partial charge is 0.309 e. The maximum atomic E-state index is 11.7. The predicted molar refractivity (Wildman–Crippen MR) is 56.7 cm³/mol. The van der Waals surface area contributed by atoms with E-state index in [1.54, 1.807) is 6.92 Å². The molecule has 0 radical (unpaired) electrons. The van der Waals surface area contributed by atoms with Crippen LogP contribution in [0.15, 0.2) is 0 Å². The van der Waals surface area contributed by atoms with Crippen molar-refractivity contribution < 1.29 is 46.1 Å². The van der Waals surface area contributed by atoms with Crippen LogP contribution >= 0.6 is 0 Å². The average Bonchev–Trinajstić information content (AvgIpc) is 2.52. The molecule has 0 saturated carbocycles. The number of hydrogen-bond donors (Lipinski definition) is 0. The summed E-state index contributed by atoms with van der Waals surface area (Å²) >= 11 is 0. The molecule has 0 aromatic carbocycles. The fourth-order valence-electron chi connectivity index (χ4n) is 1.06. The summed E-state index contributed by atoms with van der Waals surface area (Å²) in [5, 5.41) is 0. The molecule has 0 heterocycles. The monoisotopic (exact) mass is 314 g/mol. The Balaban J connectivity index is -0.000000656. The fraction of sp³-hybridized carbons (Fsp3) is 0.800. The summed E-state index contributed by atoms with van der Waals surface area (Å²) in [6.07, 6.45) is 0.220. The summed E-state index contributed by atoms with van der Waals surface area (Å²) in [6, 6.07) is 0.